The molecule has 0 aliphatic heterocycles. The number of aromatic nitrogens is 2. The highest BCUT2D eigenvalue weighted by Gasteiger charge is 2.08. The van der Waals surface area contributed by atoms with Crippen molar-refractivity contribution in [3.63, 3.8) is 0 Å². The van der Waals surface area contributed by atoms with Gasteiger partial charge in [0.05, 0.1) is 4.92 Å². The molecule has 3 rings (SSSR count). The Morgan fingerprint density at radius 2 is 1.83 bits per heavy atom. The Labute approximate surface area is 141 Å². The summed E-state index contributed by atoms with van der Waals surface area (Å²) in [5.74, 6) is 0.260. The zero-order valence-electron chi connectivity index (χ0n) is 12.1. The lowest BCUT2D eigenvalue weighted by Crippen LogP contribution is -1.98. The first-order valence-electron chi connectivity index (χ1n) is 6.83. The molecule has 3 aromatic rings. The Morgan fingerprint density at radius 3 is 2.50 bits per heavy atom. The average Bonchev–Trinajstić information content (AvgIpc) is 2.55. The minimum absolute atomic E-state index is 0.0123. The first-order chi connectivity index (χ1) is 11.5. The Morgan fingerprint density at radius 1 is 1.08 bits per heavy atom. The van der Waals surface area contributed by atoms with Gasteiger partial charge in [-0.25, -0.2) is 14.4 Å². The fraction of sp³-hybridized carbons (Fsp3) is 0. The lowest BCUT2D eigenvalue weighted by Gasteiger charge is -2.08. The molecule has 120 valence electrons. The van der Waals surface area contributed by atoms with Crippen LogP contribution in [0.15, 0.2) is 54.6 Å². The fourth-order valence-electron chi connectivity index (χ4n) is 2.05. The quantitative estimate of drug-likeness (QED) is 0.425. The number of hydrogen-bond donors (Lipinski definition) is 1. The zero-order chi connectivity index (χ0) is 17.1. The molecule has 0 radical (unpaired) electrons. The number of nitro benzene ring substituents is 1. The molecule has 2 aromatic carbocycles. The van der Waals surface area contributed by atoms with Crippen molar-refractivity contribution in [3.8, 4) is 11.4 Å². The van der Waals surface area contributed by atoms with Gasteiger partial charge in [0.15, 0.2) is 5.82 Å². The van der Waals surface area contributed by atoms with Gasteiger partial charge in [0, 0.05) is 29.4 Å². The van der Waals surface area contributed by atoms with Crippen molar-refractivity contribution in [1.82, 2.24) is 9.97 Å². The van der Waals surface area contributed by atoms with E-state index >= 15 is 0 Å². The maximum atomic E-state index is 13.3. The molecule has 0 atom stereocenters. The van der Waals surface area contributed by atoms with Crippen molar-refractivity contribution in [2.75, 3.05) is 5.32 Å². The van der Waals surface area contributed by atoms with Crippen LogP contribution < -0.4 is 5.32 Å². The highest BCUT2D eigenvalue weighted by molar-refractivity contribution is 6.29. The standard InChI is InChI=1S/C16H10ClFN4O2/c17-14-9-15(19-12-4-6-13(7-5-12)22(23)24)21-16(20-14)10-2-1-3-11(18)8-10/h1-9H,(H,19,20,21). The molecule has 8 heteroatoms. The van der Waals surface area contributed by atoms with E-state index in [0.717, 1.165) is 0 Å². The number of hydrogen-bond acceptors (Lipinski definition) is 5. The number of benzene rings is 2. The van der Waals surface area contributed by atoms with Crippen LogP contribution in [-0.2, 0) is 0 Å². The summed E-state index contributed by atoms with van der Waals surface area (Å²) in [5.41, 5.74) is 1.08. The number of nitro groups is 1. The third kappa shape index (κ3) is 3.64. The van der Waals surface area contributed by atoms with Crippen molar-refractivity contribution in [2.45, 2.75) is 0 Å². The topological polar surface area (TPSA) is 81.0 Å². The van der Waals surface area contributed by atoms with Gasteiger partial charge in [-0.3, -0.25) is 10.1 Å². The molecule has 0 saturated carbocycles. The Kier molecular flexibility index (Phi) is 4.35. The zero-order valence-corrected chi connectivity index (χ0v) is 12.9. The molecule has 0 saturated heterocycles. The van der Waals surface area contributed by atoms with E-state index in [1.165, 1.54) is 30.3 Å². The van der Waals surface area contributed by atoms with Gasteiger partial charge in [-0.1, -0.05) is 23.7 Å². The van der Waals surface area contributed by atoms with E-state index in [1.807, 2.05) is 0 Å². The summed E-state index contributed by atoms with van der Waals surface area (Å²) in [6.07, 6.45) is 0. The summed E-state index contributed by atoms with van der Waals surface area (Å²) in [7, 11) is 0. The minimum Gasteiger partial charge on any atom is -0.340 e. The summed E-state index contributed by atoms with van der Waals surface area (Å²) in [5, 5.41) is 13.8. The summed E-state index contributed by atoms with van der Waals surface area (Å²) in [6.45, 7) is 0. The SMILES string of the molecule is O=[N+]([O-])c1ccc(Nc2cc(Cl)nc(-c3cccc(F)c3)n2)cc1. The number of nitrogens with one attached hydrogen (secondary N) is 1. The van der Waals surface area contributed by atoms with E-state index in [4.69, 9.17) is 11.6 Å². The maximum Gasteiger partial charge on any atom is 0.269 e. The molecule has 1 N–H and O–H groups in total. The minimum atomic E-state index is -0.479. The van der Waals surface area contributed by atoms with Gasteiger partial charge in [-0.2, -0.15) is 0 Å². The van der Waals surface area contributed by atoms with Crippen LogP contribution in [0.2, 0.25) is 5.15 Å². The van der Waals surface area contributed by atoms with Crippen LogP contribution in [0.4, 0.5) is 21.6 Å². The van der Waals surface area contributed by atoms with Crippen LogP contribution >= 0.6 is 11.6 Å². The first-order valence-corrected chi connectivity index (χ1v) is 7.21. The van der Waals surface area contributed by atoms with E-state index in [2.05, 4.69) is 15.3 Å². The van der Waals surface area contributed by atoms with Crippen molar-refractivity contribution in [1.29, 1.82) is 0 Å². The second kappa shape index (κ2) is 6.59. The Bertz CT molecular complexity index is 903. The van der Waals surface area contributed by atoms with E-state index in [0.29, 0.717) is 17.1 Å². The van der Waals surface area contributed by atoms with Gasteiger partial charge in [-0.05, 0) is 24.3 Å². The molecular formula is C16H10ClFN4O2. The third-order valence-electron chi connectivity index (χ3n) is 3.13. The first kappa shape index (κ1) is 15.8. The smallest absolute Gasteiger partial charge is 0.269 e. The lowest BCUT2D eigenvalue weighted by atomic mass is 10.2. The van der Waals surface area contributed by atoms with Gasteiger partial charge in [-0.15, -0.1) is 0 Å². The monoisotopic (exact) mass is 344 g/mol. The van der Waals surface area contributed by atoms with E-state index in [9.17, 15) is 14.5 Å². The normalized spacial score (nSPS) is 10.4. The van der Waals surface area contributed by atoms with Crippen molar-refractivity contribution in [2.24, 2.45) is 0 Å². The lowest BCUT2D eigenvalue weighted by molar-refractivity contribution is -0.384. The molecule has 24 heavy (non-hydrogen) atoms. The number of nitrogens with zero attached hydrogens (tertiary/aromatic N) is 3. The van der Waals surface area contributed by atoms with Crippen molar-refractivity contribution in [3.05, 3.63) is 75.7 Å². The van der Waals surface area contributed by atoms with Crippen LogP contribution in [0.1, 0.15) is 0 Å². The van der Waals surface area contributed by atoms with E-state index in [1.54, 1.807) is 24.3 Å². The van der Waals surface area contributed by atoms with Gasteiger partial charge in [0.25, 0.3) is 5.69 Å². The number of halogens is 2. The molecule has 0 aliphatic rings. The predicted molar refractivity (Wildman–Crippen MR) is 88.8 cm³/mol. The van der Waals surface area contributed by atoms with Gasteiger partial charge in [0.1, 0.15) is 16.8 Å². The summed E-state index contributed by atoms with van der Waals surface area (Å²) in [4.78, 5) is 18.6. The second-order valence-electron chi connectivity index (χ2n) is 4.84. The van der Waals surface area contributed by atoms with Gasteiger partial charge >= 0.3 is 0 Å². The summed E-state index contributed by atoms with van der Waals surface area (Å²) in [6, 6.07) is 13.2. The summed E-state index contributed by atoms with van der Waals surface area (Å²) >= 11 is 6.00. The molecule has 1 aromatic heterocycles. The van der Waals surface area contributed by atoms with Crippen LogP contribution in [0, 0.1) is 15.9 Å². The van der Waals surface area contributed by atoms with Crippen molar-refractivity contribution < 1.29 is 9.31 Å². The number of anilines is 2. The van der Waals surface area contributed by atoms with Crippen LogP contribution in [-0.4, -0.2) is 14.9 Å². The van der Waals surface area contributed by atoms with E-state index in [-0.39, 0.29) is 16.7 Å². The number of non-ortho nitro benzene ring substituents is 1. The molecule has 0 spiro atoms. The van der Waals surface area contributed by atoms with Crippen LogP contribution in [0.25, 0.3) is 11.4 Å². The second-order valence-corrected chi connectivity index (χ2v) is 5.23. The molecule has 6 nitrogen and oxygen atoms in total. The largest absolute Gasteiger partial charge is 0.340 e. The Balaban J connectivity index is 1.90. The van der Waals surface area contributed by atoms with Gasteiger partial charge < -0.3 is 5.32 Å². The molecule has 0 bridgehead atoms. The molecular weight excluding hydrogens is 335 g/mol. The summed E-state index contributed by atoms with van der Waals surface area (Å²) < 4.78 is 13.3. The molecule has 0 fully saturated rings. The van der Waals surface area contributed by atoms with Crippen LogP contribution in [0.3, 0.4) is 0 Å². The predicted octanol–water partition coefficient (Wildman–Crippen LogP) is 4.59. The molecule has 1 heterocycles. The molecule has 0 unspecified atom stereocenters. The maximum absolute atomic E-state index is 13.3. The van der Waals surface area contributed by atoms with E-state index < -0.39 is 10.7 Å². The van der Waals surface area contributed by atoms with Crippen molar-refractivity contribution >= 4 is 28.8 Å². The van der Waals surface area contributed by atoms with Gasteiger partial charge in [0.2, 0.25) is 0 Å². The highest BCUT2D eigenvalue weighted by atomic mass is 35.5. The third-order valence-corrected chi connectivity index (χ3v) is 3.32. The fourth-order valence-corrected chi connectivity index (χ4v) is 2.24. The Hall–Kier alpha value is -3.06. The number of rotatable bonds is 4. The average molecular weight is 345 g/mol. The molecule has 0 amide bonds. The van der Waals surface area contributed by atoms with Crippen LogP contribution in [0.5, 0.6) is 0 Å². The highest BCUT2D eigenvalue weighted by Crippen LogP contribution is 2.24. The molecule has 0 aliphatic carbocycles.